The number of rotatable bonds is 6. The zero-order valence-electron chi connectivity index (χ0n) is 9.84. The Morgan fingerprint density at radius 2 is 2.18 bits per heavy atom. The van der Waals surface area contributed by atoms with Crippen LogP contribution in [0.4, 0.5) is 0 Å². The number of aromatic hydroxyl groups is 1. The summed E-state index contributed by atoms with van der Waals surface area (Å²) in [5.74, 6) is -0.622. The molecular weight excluding hydrogens is 224 g/mol. The maximum absolute atomic E-state index is 10.8. The summed E-state index contributed by atoms with van der Waals surface area (Å²) >= 11 is 0. The molecule has 1 atom stereocenters. The fraction of sp³-hybridized carbons (Fsp3) is 0.417. The number of methoxy groups -OCH3 is 1. The maximum atomic E-state index is 10.8. The van der Waals surface area contributed by atoms with Crippen LogP contribution in [0.25, 0.3) is 0 Å². The smallest absolute Gasteiger partial charge is 0.333 e. The summed E-state index contributed by atoms with van der Waals surface area (Å²) in [6, 6.07) is 4.75. The van der Waals surface area contributed by atoms with Crippen LogP contribution in [-0.2, 0) is 16.0 Å². The lowest BCUT2D eigenvalue weighted by Gasteiger charge is -2.12. The summed E-state index contributed by atoms with van der Waals surface area (Å²) in [7, 11) is 1.35. The van der Waals surface area contributed by atoms with Crippen molar-refractivity contribution in [2.45, 2.75) is 19.4 Å². The van der Waals surface area contributed by atoms with Crippen molar-refractivity contribution in [3.05, 3.63) is 23.8 Å². The Bertz CT molecular complexity index is 388. The second-order valence-electron chi connectivity index (χ2n) is 3.50. The van der Waals surface area contributed by atoms with Gasteiger partial charge < -0.3 is 19.7 Å². The van der Waals surface area contributed by atoms with E-state index >= 15 is 0 Å². The SMILES string of the molecule is CCOc1cc(CC(OC)C(=O)O)ccc1O. The molecule has 17 heavy (non-hydrogen) atoms. The summed E-state index contributed by atoms with van der Waals surface area (Å²) in [5.41, 5.74) is 0.737. The predicted molar refractivity (Wildman–Crippen MR) is 61.4 cm³/mol. The number of aliphatic carboxylic acids is 1. The van der Waals surface area contributed by atoms with Gasteiger partial charge in [-0.3, -0.25) is 0 Å². The normalized spacial score (nSPS) is 12.1. The van der Waals surface area contributed by atoms with E-state index in [0.29, 0.717) is 12.4 Å². The molecule has 5 heteroatoms. The highest BCUT2D eigenvalue weighted by Crippen LogP contribution is 2.27. The Balaban J connectivity index is 2.84. The van der Waals surface area contributed by atoms with Gasteiger partial charge in [-0.15, -0.1) is 0 Å². The van der Waals surface area contributed by atoms with Crippen LogP contribution in [0.3, 0.4) is 0 Å². The van der Waals surface area contributed by atoms with E-state index in [1.807, 2.05) is 0 Å². The number of ether oxygens (including phenoxy) is 2. The number of hydrogen-bond acceptors (Lipinski definition) is 4. The third-order valence-corrected chi connectivity index (χ3v) is 2.31. The number of hydrogen-bond donors (Lipinski definition) is 2. The molecular formula is C12H16O5. The van der Waals surface area contributed by atoms with Crippen LogP contribution in [0.2, 0.25) is 0 Å². The molecule has 1 aromatic carbocycles. The quantitative estimate of drug-likeness (QED) is 0.786. The van der Waals surface area contributed by atoms with Crippen molar-refractivity contribution in [2.24, 2.45) is 0 Å². The molecule has 0 fully saturated rings. The van der Waals surface area contributed by atoms with Crippen molar-refractivity contribution >= 4 is 5.97 Å². The first-order valence-corrected chi connectivity index (χ1v) is 5.28. The number of phenols is 1. The molecule has 0 heterocycles. The van der Waals surface area contributed by atoms with Crippen LogP contribution in [-0.4, -0.2) is 36.0 Å². The van der Waals surface area contributed by atoms with Crippen molar-refractivity contribution < 1.29 is 24.5 Å². The summed E-state index contributed by atoms with van der Waals surface area (Å²) < 4.78 is 10.1. The summed E-state index contributed by atoms with van der Waals surface area (Å²) in [4.78, 5) is 10.8. The van der Waals surface area contributed by atoms with Gasteiger partial charge in [-0.05, 0) is 24.6 Å². The largest absolute Gasteiger partial charge is 0.504 e. The Hall–Kier alpha value is -1.75. The Kier molecular flexibility index (Phi) is 4.78. The van der Waals surface area contributed by atoms with Crippen molar-refractivity contribution in [1.29, 1.82) is 0 Å². The molecule has 0 saturated heterocycles. The number of carboxylic acids is 1. The number of benzene rings is 1. The number of phenolic OH excluding ortho intramolecular Hbond substituents is 1. The van der Waals surface area contributed by atoms with Gasteiger partial charge in [-0.2, -0.15) is 0 Å². The molecule has 0 aliphatic carbocycles. The molecule has 0 amide bonds. The van der Waals surface area contributed by atoms with Gasteiger partial charge in [0.2, 0.25) is 0 Å². The highest BCUT2D eigenvalue weighted by molar-refractivity contribution is 5.72. The first kappa shape index (κ1) is 13.3. The van der Waals surface area contributed by atoms with Crippen molar-refractivity contribution in [1.82, 2.24) is 0 Å². The lowest BCUT2D eigenvalue weighted by atomic mass is 10.1. The molecule has 1 aromatic rings. The average molecular weight is 240 g/mol. The number of carboxylic acid groups (broad SMARTS) is 1. The Labute approximate surface area is 99.6 Å². The fourth-order valence-corrected chi connectivity index (χ4v) is 1.44. The van der Waals surface area contributed by atoms with Crippen LogP contribution < -0.4 is 4.74 Å². The Morgan fingerprint density at radius 3 is 2.71 bits per heavy atom. The highest BCUT2D eigenvalue weighted by Gasteiger charge is 2.17. The molecule has 0 saturated carbocycles. The first-order chi connectivity index (χ1) is 8.08. The zero-order chi connectivity index (χ0) is 12.8. The van der Waals surface area contributed by atoms with Crippen LogP contribution in [0.1, 0.15) is 12.5 Å². The average Bonchev–Trinajstić information content (AvgIpc) is 2.30. The minimum Gasteiger partial charge on any atom is -0.504 e. The van der Waals surface area contributed by atoms with E-state index in [4.69, 9.17) is 14.6 Å². The minimum absolute atomic E-state index is 0.0416. The molecule has 5 nitrogen and oxygen atoms in total. The van der Waals surface area contributed by atoms with Gasteiger partial charge >= 0.3 is 5.97 Å². The van der Waals surface area contributed by atoms with Gasteiger partial charge in [-0.25, -0.2) is 4.79 Å². The summed E-state index contributed by atoms with van der Waals surface area (Å²) in [6.07, 6.45) is -0.666. The standard InChI is InChI=1S/C12H16O5/c1-3-17-10-6-8(4-5-9(10)13)7-11(16-2)12(14)15/h4-6,11,13H,3,7H2,1-2H3,(H,14,15). The molecule has 2 N–H and O–H groups in total. The van der Waals surface area contributed by atoms with E-state index in [0.717, 1.165) is 5.56 Å². The van der Waals surface area contributed by atoms with Gasteiger partial charge in [0.05, 0.1) is 6.61 Å². The van der Waals surface area contributed by atoms with Gasteiger partial charge in [-0.1, -0.05) is 6.07 Å². The van der Waals surface area contributed by atoms with Gasteiger partial charge in [0, 0.05) is 13.5 Å². The van der Waals surface area contributed by atoms with Crippen LogP contribution in [0.15, 0.2) is 18.2 Å². The third-order valence-electron chi connectivity index (χ3n) is 2.31. The van der Waals surface area contributed by atoms with Crippen LogP contribution in [0.5, 0.6) is 11.5 Å². The predicted octanol–water partition coefficient (Wildman–Crippen LogP) is 1.43. The summed E-state index contributed by atoms with van der Waals surface area (Å²) in [5, 5.41) is 18.4. The van der Waals surface area contributed by atoms with E-state index < -0.39 is 12.1 Å². The van der Waals surface area contributed by atoms with Gasteiger partial charge in [0.25, 0.3) is 0 Å². The van der Waals surface area contributed by atoms with Crippen LogP contribution >= 0.6 is 0 Å². The minimum atomic E-state index is -1.02. The Morgan fingerprint density at radius 1 is 1.47 bits per heavy atom. The molecule has 0 bridgehead atoms. The van der Waals surface area contributed by atoms with Crippen molar-refractivity contribution in [3.63, 3.8) is 0 Å². The van der Waals surface area contributed by atoms with Crippen molar-refractivity contribution in [3.8, 4) is 11.5 Å². The topological polar surface area (TPSA) is 76.0 Å². The highest BCUT2D eigenvalue weighted by atomic mass is 16.5. The molecule has 94 valence electrons. The third kappa shape index (κ3) is 3.64. The molecule has 1 unspecified atom stereocenters. The second-order valence-corrected chi connectivity index (χ2v) is 3.50. The molecule has 0 aliphatic rings. The van der Waals surface area contributed by atoms with Crippen LogP contribution in [0, 0.1) is 0 Å². The van der Waals surface area contributed by atoms with Gasteiger partial charge in [0.15, 0.2) is 17.6 Å². The molecule has 0 radical (unpaired) electrons. The monoisotopic (exact) mass is 240 g/mol. The lowest BCUT2D eigenvalue weighted by Crippen LogP contribution is -2.24. The molecule has 0 spiro atoms. The molecule has 0 aromatic heterocycles. The van der Waals surface area contributed by atoms with E-state index in [9.17, 15) is 9.90 Å². The van der Waals surface area contributed by atoms with E-state index in [2.05, 4.69) is 0 Å². The molecule has 1 rings (SSSR count). The lowest BCUT2D eigenvalue weighted by molar-refractivity contribution is -0.148. The molecule has 0 aliphatic heterocycles. The van der Waals surface area contributed by atoms with E-state index in [1.54, 1.807) is 19.1 Å². The maximum Gasteiger partial charge on any atom is 0.333 e. The van der Waals surface area contributed by atoms with E-state index in [1.165, 1.54) is 13.2 Å². The first-order valence-electron chi connectivity index (χ1n) is 5.28. The second kappa shape index (κ2) is 6.10. The zero-order valence-corrected chi connectivity index (χ0v) is 9.84. The summed E-state index contributed by atoms with van der Waals surface area (Å²) in [6.45, 7) is 2.24. The van der Waals surface area contributed by atoms with Gasteiger partial charge in [0.1, 0.15) is 0 Å². The fourth-order valence-electron chi connectivity index (χ4n) is 1.44. The van der Waals surface area contributed by atoms with E-state index in [-0.39, 0.29) is 12.2 Å². The number of carbonyl (C=O) groups is 1. The van der Waals surface area contributed by atoms with Crippen molar-refractivity contribution in [2.75, 3.05) is 13.7 Å².